The van der Waals surface area contributed by atoms with Crippen molar-refractivity contribution < 1.29 is 4.79 Å². The minimum atomic E-state index is -0.281. The molecule has 0 radical (unpaired) electrons. The molecule has 0 spiro atoms. The van der Waals surface area contributed by atoms with E-state index in [0.29, 0.717) is 22.0 Å². The fourth-order valence-corrected chi connectivity index (χ4v) is 1.72. The number of nitrogens with two attached hydrogens (primary N) is 1. The lowest BCUT2D eigenvalue weighted by Crippen LogP contribution is -2.19. The highest BCUT2D eigenvalue weighted by Crippen LogP contribution is 2.09. The molecule has 0 saturated carbocycles. The maximum absolute atomic E-state index is 11.9. The van der Waals surface area contributed by atoms with Gasteiger partial charge in [0.1, 0.15) is 0 Å². The molecule has 0 saturated heterocycles. The number of carbonyl (C=O) groups is 1. The van der Waals surface area contributed by atoms with Gasteiger partial charge >= 0.3 is 0 Å². The SMILES string of the molecule is C/C(=N/NC(=O)c1ccc(Cl)cc1)c1ccc(N)cc1. The predicted octanol–water partition coefficient (Wildman–Crippen LogP) is 3.08. The van der Waals surface area contributed by atoms with E-state index in [2.05, 4.69) is 10.5 Å². The van der Waals surface area contributed by atoms with Crippen molar-refractivity contribution in [1.82, 2.24) is 5.43 Å². The molecule has 0 bridgehead atoms. The van der Waals surface area contributed by atoms with Crippen LogP contribution in [0.15, 0.2) is 53.6 Å². The molecule has 2 aromatic rings. The maximum atomic E-state index is 11.9. The van der Waals surface area contributed by atoms with Gasteiger partial charge < -0.3 is 5.73 Å². The molecule has 4 nitrogen and oxygen atoms in total. The van der Waals surface area contributed by atoms with Crippen LogP contribution in [0.3, 0.4) is 0 Å². The first-order chi connectivity index (χ1) is 9.56. The van der Waals surface area contributed by atoms with Gasteiger partial charge in [-0.15, -0.1) is 0 Å². The average Bonchev–Trinajstić information content (AvgIpc) is 2.46. The van der Waals surface area contributed by atoms with E-state index >= 15 is 0 Å². The third-order valence-electron chi connectivity index (χ3n) is 2.76. The molecule has 0 aromatic heterocycles. The van der Waals surface area contributed by atoms with Crippen LogP contribution in [-0.2, 0) is 0 Å². The van der Waals surface area contributed by atoms with Crippen molar-refractivity contribution in [2.24, 2.45) is 5.10 Å². The van der Waals surface area contributed by atoms with Crippen LogP contribution in [0.5, 0.6) is 0 Å². The van der Waals surface area contributed by atoms with Crippen LogP contribution < -0.4 is 11.2 Å². The van der Waals surface area contributed by atoms with Gasteiger partial charge in [0.2, 0.25) is 0 Å². The standard InChI is InChI=1S/C15H14ClN3O/c1-10(11-4-8-14(17)9-5-11)18-19-15(20)12-2-6-13(16)7-3-12/h2-9H,17H2,1H3,(H,19,20)/b18-10-. The molecule has 0 unspecified atom stereocenters. The van der Waals surface area contributed by atoms with Crippen molar-refractivity contribution >= 4 is 28.9 Å². The molecule has 102 valence electrons. The molecule has 5 heteroatoms. The summed E-state index contributed by atoms with van der Waals surface area (Å²) >= 11 is 5.77. The van der Waals surface area contributed by atoms with Crippen LogP contribution in [0.1, 0.15) is 22.8 Å². The lowest BCUT2D eigenvalue weighted by molar-refractivity contribution is 0.0955. The van der Waals surface area contributed by atoms with Crippen molar-refractivity contribution in [2.75, 3.05) is 5.73 Å². The zero-order chi connectivity index (χ0) is 14.5. The van der Waals surface area contributed by atoms with Gasteiger partial charge in [0.25, 0.3) is 5.91 Å². The Morgan fingerprint density at radius 3 is 2.20 bits per heavy atom. The molecule has 2 aromatic carbocycles. The number of hydrazone groups is 1. The number of amides is 1. The lowest BCUT2D eigenvalue weighted by Gasteiger charge is -2.03. The predicted molar refractivity (Wildman–Crippen MR) is 82.0 cm³/mol. The van der Waals surface area contributed by atoms with Crippen molar-refractivity contribution in [3.8, 4) is 0 Å². The molecule has 0 heterocycles. The van der Waals surface area contributed by atoms with E-state index in [1.54, 1.807) is 36.4 Å². The Hall–Kier alpha value is -2.33. The van der Waals surface area contributed by atoms with E-state index in [-0.39, 0.29) is 5.91 Å². The van der Waals surface area contributed by atoms with E-state index in [1.807, 2.05) is 19.1 Å². The number of nitrogens with zero attached hydrogens (tertiary/aromatic N) is 1. The average molecular weight is 288 g/mol. The van der Waals surface area contributed by atoms with E-state index in [4.69, 9.17) is 17.3 Å². The van der Waals surface area contributed by atoms with Gasteiger partial charge in [-0.05, 0) is 48.9 Å². The fraction of sp³-hybridized carbons (Fsp3) is 0.0667. The van der Waals surface area contributed by atoms with Crippen LogP contribution >= 0.6 is 11.6 Å². The topological polar surface area (TPSA) is 67.5 Å². The Balaban J connectivity index is 2.06. The highest BCUT2D eigenvalue weighted by molar-refractivity contribution is 6.30. The summed E-state index contributed by atoms with van der Waals surface area (Å²) in [6.07, 6.45) is 0. The second-order valence-electron chi connectivity index (χ2n) is 4.27. The second-order valence-corrected chi connectivity index (χ2v) is 4.70. The van der Waals surface area contributed by atoms with Crippen LogP contribution in [0.2, 0.25) is 5.02 Å². The number of nitrogen functional groups attached to an aromatic ring is 1. The summed E-state index contributed by atoms with van der Waals surface area (Å²) in [6, 6.07) is 13.9. The number of hydrogen-bond acceptors (Lipinski definition) is 3. The fourth-order valence-electron chi connectivity index (χ4n) is 1.59. The number of halogens is 1. The monoisotopic (exact) mass is 287 g/mol. The molecular formula is C15H14ClN3O. The van der Waals surface area contributed by atoms with Crippen molar-refractivity contribution in [2.45, 2.75) is 6.92 Å². The number of carbonyl (C=O) groups excluding carboxylic acids is 1. The lowest BCUT2D eigenvalue weighted by atomic mass is 10.1. The summed E-state index contributed by atoms with van der Waals surface area (Å²) in [5, 5.41) is 4.65. The third-order valence-corrected chi connectivity index (χ3v) is 3.01. The minimum Gasteiger partial charge on any atom is -0.399 e. The molecule has 0 aliphatic heterocycles. The van der Waals surface area contributed by atoms with Gasteiger partial charge in [0.15, 0.2) is 0 Å². The number of hydrogen-bond donors (Lipinski definition) is 2. The van der Waals surface area contributed by atoms with Crippen LogP contribution in [0.4, 0.5) is 5.69 Å². The van der Waals surface area contributed by atoms with Crippen molar-refractivity contribution in [3.05, 3.63) is 64.7 Å². The number of rotatable bonds is 3. The van der Waals surface area contributed by atoms with Crippen molar-refractivity contribution in [3.63, 3.8) is 0 Å². The quantitative estimate of drug-likeness (QED) is 0.517. The van der Waals surface area contributed by atoms with Gasteiger partial charge in [-0.2, -0.15) is 5.10 Å². The molecular weight excluding hydrogens is 274 g/mol. The highest BCUT2D eigenvalue weighted by Gasteiger charge is 2.04. The Morgan fingerprint density at radius 2 is 1.60 bits per heavy atom. The van der Waals surface area contributed by atoms with Crippen LogP contribution in [-0.4, -0.2) is 11.6 Å². The second kappa shape index (κ2) is 6.21. The molecule has 3 N–H and O–H groups in total. The van der Waals surface area contributed by atoms with Gasteiger partial charge in [-0.1, -0.05) is 23.7 Å². The Kier molecular flexibility index (Phi) is 4.38. The largest absolute Gasteiger partial charge is 0.399 e. The molecule has 0 aliphatic rings. The van der Waals surface area contributed by atoms with Gasteiger partial charge in [0, 0.05) is 16.3 Å². The summed E-state index contributed by atoms with van der Waals surface area (Å²) in [5.41, 5.74) is 10.9. The van der Waals surface area contributed by atoms with Crippen molar-refractivity contribution in [1.29, 1.82) is 0 Å². The first-order valence-electron chi connectivity index (χ1n) is 6.02. The van der Waals surface area contributed by atoms with E-state index in [1.165, 1.54) is 0 Å². The summed E-state index contributed by atoms with van der Waals surface area (Å²) in [5.74, 6) is -0.281. The third kappa shape index (κ3) is 3.59. The van der Waals surface area contributed by atoms with E-state index in [9.17, 15) is 4.79 Å². The molecule has 0 atom stereocenters. The Bertz CT molecular complexity index is 633. The Labute approximate surface area is 122 Å². The first-order valence-corrected chi connectivity index (χ1v) is 6.40. The number of nitrogens with one attached hydrogen (secondary N) is 1. The van der Waals surface area contributed by atoms with E-state index in [0.717, 1.165) is 5.56 Å². The zero-order valence-corrected chi connectivity index (χ0v) is 11.7. The van der Waals surface area contributed by atoms with Gasteiger partial charge in [0.05, 0.1) is 5.71 Å². The maximum Gasteiger partial charge on any atom is 0.271 e. The van der Waals surface area contributed by atoms with Gasteiger partial charge in [-0.3, -0.25) is 4.79 Å². The molecule has 1 amide bonds. The van der Waals surface area contributed by atoms with Crippen LogP contribution in [0, 0.1) is 0 Å². The summed E-state index contributed by atoms with van der Waals surface area (Å²) in [4.78, 5) is 11.9. The van der Waals surface area contributed by atoms with Crippen LogP contribution in [0.25, 0.3) is 0 Å². The number of anilines is 1. The zero-order valence-electron chi connectivity index (χ0n) is 10.9. The molecule has 20 heavy (non-hydrogen) atoms. The number of benzene rings is 2. The van der Waals surface area contributed by atoms with E-state index < -0.39 is 0 Å². The summed E-state index contributed by atoms with van der Waals surface area (Å²) in [6.45, 7) is 1.81. The summed E-state index contributed by atoms with van der Waals surface area (Å²) in [7, 11) is 0. The molecule has 0 aliphatic carbocycles. The molecule has 2 rings (SSSR count). The normalized spacial score (nSPS) is 11.2. The first kappa shape index (κ1) is 14.1. The minimum absolute atomic E-state index is 0.281. The highest BCUT2D eigenvalue weighted by atomic mass is 35.5. The Morgan fingerprint density at radius 1 is 1.05 bits per heavy atom. The smallest absolute Gasteiger partial charge is 0.271 e. The molecule has 0 fully saturated rings. The van der Waals surface area contributed by atoms with Gasteiger partial charge in [-0.25, -0.2) is 5.43 Å². The summed E-state index contributed by atoms with van der Waals surface area (Å²) < 4.78 is 0.